The average Bonchev–Trinajstić information content (AvgIpc) is 2.70. The molecule has 0 bridgehead atoms. The molecular formula is C11H13BrO3S. The standard InChI is InChI=1S/C11H13BrO3S/c1-15-11(14)5-3-2-4-9(13)10-6-8(12)7-16-10/h6-7H,2-5H2,1H3. The largest absolute Gasteiger partial charge is 0.469 e. The van der Waals surface area contributed by atoms with E-state index in [0.29, 0.717) is 19.3 Å². The highest BCUT2D eigenvalue weighted by atomic mass is 79.9. The fraction of sp³-hybridized carbons (Fsp3) is 0.455. The summed E-state index contributed by atoms with van der Waals surface area (Å²) in [6.45, 7) is 0. The summed E-state index contributed by atoms with van der Waals surface area (Å²) in [5.74, 6) is -0.0770. The number of methoxy groups -OCH3 is 1. The third-order valence-corrected chi connectivity index (χ3v) is 3.84. The number of esters is 1. The van der Waals surface area contributed by atoms with Crippen LogP contribution in [-0.2, 0) is 9.53 Å². The average molecular weight is 305 g/mol. The minimum absolute atomic E-state index is 0.139. The summed E-state index contributed by atoms with van der Waals surface area (Å²) in [6, 6.07) is 1.83. The van der Waals surface area contributed by atoms with E-state index < -0.39 is 0 Å². The molecule has 1 heterocycles. The van der Waals surface area contributed by atoms with Crippen molar-refractivity contribution in [3.63, 3.8) is 0 Å². The number of hydrogen-bond donors (Lipinski definition) is 0. The molecule has 16 heavy (non-hydrogen) atoms. The second-order valence-electron chi connectivity index (χ2n) is 3.34. The molecule has 0 aromatic carbocycles. The topological polar surface area (TPSA) is 43.4 Å². The Bertz CT molecular complexity index is 373. The summed E-state index contributed by atoms with van der Waals surface area (Å²) in [4.78, 5) is 23.2. The smallest absolute Gasteiger partial charge is 0.305 e. The lowest BCUT2D eigenvalue weighted by Crippen LogP contribution is -2.01. The van der Waals surface area contributed by atoms with Gasteiger partial charge in [0.1, 0.15) is 0 Å². The van der Waals surface area contributed by atoms with E-state index in [4.69, 9.17) is 0 Å². The summed E-state index contributed by atoms with van der Waals surface area (Å²) < 4.78 is 5.46. The molecule has 0 N–H and O–H groups in total. The van der Waals surface area contributed by atoms with Crippen LogP contribution >= 0.6 is 27.3 Å². The van der Waals surface area contributed by atoms with Gasteiger partial charge in [0.2, 0.25) is 0 Å². The van der Waals surface area contributed by atoms with Gasteiger partial charge in [-0.25, -0.2) is 0 Å². The molecule has 3 nitrogen and oxygen atoms in total. The lowest BCUT2D eigenvalue weighted by molar-refractivity contribution is -0.140. The number of carbonyl (C=O) groups excluding carboxylic acids is 2. The normalized spacial score (nSPS) is 10.1. The lowest BCUT2D eigenvalue weighted by Gasteiger charge is -1.99. The van der Waals surface area contributed by atoms with Gasteiger partial charge in [0.25, 0.3) is 0 Å². The molecule has 5 heteroatoms. The van der Waals surface area contributed by atoms with E-state index in [-0.39, 0.29) is 11.8 Å². The summed E-state index contributed by atoms with van der Waals surface area (Å²) in [7, 11) is 1.37. The number of unbranched alkanes of at least 4 members (excludes halogenated alkanes) is 1. The molecule has 0 atom stereocenters. The summed E-state index contributed by atoms with van der Waals surface area (Å²) in [5.41, 5.74) is 0. The second kappa shape index (κ2) is 6.81. The van der Waals surface area contributed by atoms with Crippen molar-refractivity contribution in [3.8, 4) is 0 Å². The number of thiophene rings is 1. The van der Waals surface area contributed by atoms with Gasteiger partial charge in [-0.15, -0.1) is 11.3 Å². The minimum atomic E-state index is -0.216. The van der Waals surface area contributed by atoms with Crippen molar-refractivity contribution < 1.29 is 14.3 Å². The molecule has 0 radical (unpaired) electrons. The number of Topliss-reactive ketones (excluding diaryl/α,β-unsaturated/α-hetero) is 1. The van der Waals surface area contributed by atoms with Crippen molar-refractivity contribution in [3.05, 3.63) is 20.8 Å². The first-order valence-electron chi connectivity index (χ1n) is 4.97. The van der Waals surface area contributed by atoms with E-state index in [1.807, 2.05) is 11.4 Å². The molecule has 1 rings (SSSR count). The molecule has 1 aromatic heterocycles. The van der Waals surface area contributed by atoms with Crippen LogP contribution in [0.5, 0.6) is 0 Å². The monoisotopic (exact) mass is 304 g/mol. The van der Waals surface area contributed by atoms with E-state index in [1.165, 1.54) is 18.4 Å². The first-order chi connectivity index (χ1) is 7.63. The molecule has 1 aromatic rings. The Morgan fingerprint density at radius 3 is 2.62 bits per heavy atom. The van der Waals surface area contributed by atoms with Gasteiger partial charge < -0.3 is 4.74 Å². The molecule has 0 amide bonds. The number of rotatable bonds is 6. The number of carbonyl (C=O) groups is 2. The maximum Gasteiger partial charge on any atom is 0.305 e. The lowest BCUT2D eigenvalue weighted by atomic mass is 10.1. The minimum Gasteiger partial charge on any atom is -0.469 e. The van der Waals surface area contributed by atoms with Gasteiger partial charge in [-0.3, -0.25) is 9.59 Å². The molecular weight excluding hydrogens is 292 g/mol. The third-order valence-electron chi connectivity index (χ3n) is 2.10. The molecule has 0 aliphatic carbocycles. The van der Waals surface area contributed by atoms with Gasteiger partial charge in [0.15, 0.2) is 5.78 Å². The molecule has 0 saturated carbocycles. The zero-order chi connectivity index (χ0) is 12.0. The van der Waals surface area contributed by atoms with Gasteiger partial charge in [0, 0.05) is 22.7 Å². The van der Waals surface area contributed by atoms with Crippen molar-refractivity contribution in [2.24, 2.45) is 0 Å². The predicted octanol–water partition coefficient (Wildman–Crippen LogP) is 3.43. The highest BCUT2D eigenvalue weighted by molar-refractivity contribution is 9.10. The molecule has 0 saturated heterocycles. The Kier molecular flexibility index (Phi) is 5.69. The quantitative estimate of drug-likeness (QED) is 0.459. The molecule has 0 aliphatic rings. The molecule has 88 valence electrons. The zero-order valence-electron chi connectivity index (χ0n) is 8.99. The Morgan fingerprint density at radius 2 is 2.06 bits per heavy atom. The van der Waals surface area contributed by atoms with Crippen LogP contribution in [0.3, 0.4) is 0 Å². The predicted molar refractivity (Wildman–Crippen MR) is 66.8 cm³/mol. The number of ether oxygens (including phenoxy) is 1. The highest BCUT2D eigenvalue weighted by Gasteiger charge is 2.08. The van der Waals surface area contributed by atoms with E-state index >= 15 is 0 Å². The molecule has 0 unspecified atom stereocenters. The fourth-order valence-corrected chi connectivity index (χ4v) is 2.64. The van der Waals surface area contributed by atoms with E-state index in [9.17, 15) is 9.59 Å². The van der Waals surface area contributed by atoms with Crippen LogP contribution in [0.2, 0.25) is 0 Å². The first-order valence-corrected chi connectivity index (χ1v) is 6.65. The number of hydrogen-bond acceptors (Lipinski definition) is 4. The third kappa shape index (κ3) is 4.45. The number of ketones is 1. The van der Waals surface area contributed by atoms with Crippen molar-refractivity contribution in [2.75, 3.05) is 7.11 Å². The van der Waals surface area contributed by atoms with Crippen LogP contribution in [0.15, 0.2) is 15.9 Å². The van der Waals surface area contributed by atoms with Crippen LogP contribution < -0.4 is 0 Å². The van der Waals surface area contributed by atoms with Gasteiger partial charge in [-0.05, 0) is 34.8 Å². The van der Waals surface area contributed by atoms with Gasteiger partial charge in [0.05, 0.1) is 12.0 Å². The van der Waals surface area contributed by atoms with E-state index in [2.05, 4.69) is 20.7 Å². The first kappa shape index (κ1) is 13.4. The molecule has 0 spiro atoms. The van der Waals surface area contributed by atoms with E-state index in [1.54, 1.807) is 0 Å². The van der Waals surface area contributed by atoms with Crippen LogP contribution in [0, 0.1) is 0 Å². The second-order valence-corrected chi connectivity index (χ2v) is 5.16. The maximum atomic E-state index is 11.6. The Hall–Kier alpha value is -0.680. The SMILES string of the molecule is COC(=O)CCCCC(=O)c1cc(Br)cs1. The summed E-state index contributed by atoms with van der Waals surface area (Å²) >= 11 is 4.75. The van der Waals surface area contributed by atoms with Crippen LogP contribution in [0.25, 0.3) is 0 Å². The molecule has 0 fully saturated rings. The molecule has 0 aliphatic heterocycles. The Labute approximate surface area is 107 Å². The van der Waals surface area contributed by atoms with Crippen molar-refractivity contribution in [2.45, 2.75) is 25.7 Å². The summed E-state index contributed by atoms with van der Waals surface area (Å²) in [6.07, 6.45) is 2.30. The van der Waals surface area contributed by atoms with Crippen molar-refractivity contribution in [1.82, 2.24) is 0 Å². The summed E-state index contributed by atoms with van der Waals surface area (Å²) in [5, 5.41) is 1.89. The number of halogens is 1. The van der Waals surface area contributed by atoms with Gasteiger partial charge in [-0.1, -0.05) is 0 Å². The fourth-order valence-electron chi connectivity index (χ4n) is 1.24. The van der Waals surface area contributed by atoms with Crippen LogP contribution in [0.1, 0.15) is 35.4 Å². The Morgan fingerprint density at radius 1 is 1.38 bits per heavy atom. The van der Waals surface area contributed by atoms with Gasteiger partial charge in [-0.2, -0.15) is 0 Å². The van der Waals surface area contributed by atoms with E-state index in [0.717, 1.165) is 15.8 Å². The van der Waals surface area contributed by atoms with Crippen LogP contribution in [-0.4, -0.2) is 18.9 Å². The van der Waals surface area contributed by atoms with Gasteiger partial charge >= 0.3 is 5.97 Å². The zero-order valence-corrected chi connectivity index (χ0v) is 11.4. The van der Waals surface area contributed by atoms with Crippen LogP contribution in [0.4, 0.5) is 0 Å². The Balaban J connectivity index is 2.23. The maximum absolute atomic E-state index is 11.6. The highest BCUT2D eigenvalue weighted by Crippen LogP contribution is 2.21. The van der Waals surface area contributed by atoms with Crippen molar-refractivity contribution >= 4 is 39.0 Å². The van der Waals surface area contributed by atoms with Crippen molar-refractivity contribution in [1.29, 1.82) is 0 Å².